The Balaban J connectivity index is 2.43. The molecule has 0 aliphatic carbocycles. The molecule has 0 radical (unpaired) electrons. The van der Waals surface area contributed by atoms with Crippen molar-refractivity contribution in [2.45, 2.75) is 19.6 Å². The molecule has 0 aromatic heterocycles. The van der Waals surface area contributed by atoms with Crippen LogP contribution in [-0.4, -0.2) is 15.2 Å². The van der Waals surface area contributed by atoms with Crippen LogP contribution < -0.4 is 4.74 Å². The molecule has 0 aliphatic heterocycles. The Kier molecular flexibility index (Phi) is 4.45. The van der Waals surface area contributed by atoms with Crippen LogP contribution >= 0.6 is 0 Å². The molecule has 0 atom stereocenters. The zero-order valence-corrected chi connectivity index (χ0v) is 13.7. The quantitative estimate of drug-likeness (QED) is 0.559. The first-order valence-electron chi connectivity index (χ1n) is 6.92. The maximum absolute atomic E-state index is 5.21. The van der Waals surface area contributed by atoms with E-state index in [2.05, 4.69) is 68.2 Å². The molecule has 0 aliphatic rings. The molecule has 20 heavy (non-hydrogen) atoms. The second kappa shape index (κ2) is 6.10. The van der Waals surface area contributed by atoms with Crippen molar-refractivity contribution in [2.24, 2.45) is 0 Å². The van der Waals surface area contributed by atoms with Gasteiger partial charge in [0, 0.05) is 0 Å². The van der Waals surface area contributed by atoms with Crippen molar-refractivity contribution in [1.29, 1.82) is 0 Å². The van der Waals surface area contributed by atoms with Crippen LogP contribution in [0.5, 0.6) is 5.75 Å². The van der Waals surface area contributed by atoms with E-state index in [9.17, 15) is 0 Å². The number of ether oxygens (including phenoxy) is 1. The zero-order chi connectivity index (χ0) is 14.6. The molecule has 2 aromatic rings. The van der Waals surface area contributed by atoms with Crippen LogP contribution in [0.25, 0.3) is 11.3 Å². The standard InChI is InChI=1S/C18H22OSi/c1-19-17-12-10-15(11-13-17)14-18(20(2,3)4)16-8-6-5-7-9-16/h5-14H,1-4H3. The van der Waals surface area contributed by atoms with Crippen molar-refractivity contribution in [3.63, 3.8) is 0 Å². The van der Waals surface area contributed by atoms with Crippen molar-refractivity contribution in [3.05, 3.63) is 65.7 Å². The second-order valence-corrected chi connectivity index (χ2v) is 11.0. The number of hydrogen-bond acceptors (Lipinski definition) is 1. The van der Waals surface area contributed by atoms with Gasteiger partial charge in [0.15, 0.2) is 0 Å². The van der Waals surface area contributed by atoms with Crippen LogP contribution in [0, 0.1) is 0 Å². The van der Waals surface area contributed by atoms with E-state index in [-0.39, 0.29) is 0 Å². The van der Waals surface area contributed by atoms with Crippen molar-refractivity contribution >= 4 is 19.3 Å². The first-order chi connectivity index (χ1) is 9.50. The summed E-state index contributed by atoms with van der Waals surface area (Å²) in [6.07, 6.45) is 2.32. The highest BCUT2D eigenvalue weighted by Crippen LogP contribution is 2.28. The van der Waals surface area contributed by atoms with E-state index in [1.807, 2.05) is 12.1 Å². The summed E-state index contributed by atoms with van der Waals surface area (Å²) in [5.41, 5.74) is 2.56. The lowest BCUT2D eigenvalue weighted by molar-refractivity contribution is 0.415. The predicted molar refractivity (Wildman–Crippen MR) is 90.7 cm³/mol. The van der Waals surface area contributed by atoms with Crippen molar-refractivity contribution in [1.82, 2.24) is 0 Å². The van der Waals surface area contributed by atoms with Crippen LogP contribution in [0.15, 0.2) is 54.6 Å². The molecule has 0 unspecified atom stereocenters. The number of hydrogen-bond donors (Lipinski definition) is 0. The lowest BCUT2D eigenvalue weighted by atomic mass is 10.1. The molecule has 1 nitrogen and oxygen atoms in total. The predicted octanol–water partition coefficient (Wildman–Crippen LogP) is 5.11. The fourth-order valence-electron chi connectivity index (χ4n) is 2.22. The van der Waals surface area contributed by atoms with Crippen LogP contribution in [0.1, 0.15) is 11.1 Å². The van der Waals surface area contributed by atoms with Gasteiger partial charge in [-0.15, -0.1) is 0 Å². The average molecular weight is 282 g/mol. The van der Waals surface area contributed by atoms with Crippen molar-refractivity contribution < 1.29 is 4.74 Å². The van der Waals surface area contributed by atoms with Gasteiger partial charge in [-0.3, -0.25) is 0 Å². The highest BCUT2D eigenvalue weighted by Gasteiger charge is 2.20. The third kappa shape index (κ3) is 3.61. The first-order valence-corrected chi connectivity index (χ1v) is 10.4. The maximum Gasteiger partial charge on any atom is 0.118 e. The van der Waals surface area contributed by atoms with Gasteiger partial charge in [0.1, 0.15) is 5.75 Å². The molecule has 2 aromatic carbocycles. The Hall–Kier alpha value is -1.80. The molecule has 0 bridgehead atoms. The SMILES string of the molecule is COc1ccc(C=C(c2ccccc2)[Si](C)(C)C)cc1. The Bertz CT molecular complexity index is 577. The maximum atomic E-state index is 5.21. The average Bonchev–Trinajstić information content (AvgIpc) is 2.45. The van der Waals surface area contributed by atoms with Crippen LogP contribution in [0.3, 0.4) is 0 Å². The van der Waals surface area contributed by atoms with E-state index in [4.69, 9.17) is 4.74 Å². The summed E-state index contributed by atoms with van der Waals surface area (Å²) in [7, 11) is 0.294. The Morgan fingerprint density at radius 2 is 1.50 bits per heavy atom. The molecule has 2 heteroatoms. The third-order valence-electron chi connectivity index (χ3n) is 3.32. The van der Waals surface area contributed by atoms with Gasteiger partial charge in [0.25, 0.3) is 0 Å². The lowest BCUT2D eigenvalue weighted by Gasteiger charge is -2.21. The molecule has 104 valence electrons. The van der Waals surface area contributed by atoms with E-state index in [0.717, 1.165) is 5.75 Å². The number of methoxy groups -OCH3 is 1. The molecule has 2 rings (SSSR count). The van der Waals surface area contributed by atoms with E-state index in [1.165, 1.54) is 16.3 Å². The number of rotatable bonds is 4. The normalized spacial score (nSPS) is 12.3. The minimum atomic E-state index is -1.40. The first kappa shape index (κ1) is 14.6. The van der Waals surface area contributed by atoms with Gasteiger partial charge in [0.2, 0.25) is 0 Å². The van der Waals surface area contributed by atoms with E-state index in [1.54, 1.807) is 7.11 Å². The molecular weight excluding hydrogens is 260 g/mol. The summed E-state index contributed by atoms with van der Waals surface area (Å²) in [5, 5.41) is 1.48. The molecule has 0 spiro atoms. The summed E-state index contributed by atoms with van der Waals surface area (Å²) < 4.78 is 5.21. The molecule has 0 heterocycles. The van der Waals surface area contributed by atoms with Crippen LogP contribution in [0.4, 0.5) is 0 Å². The highest BCUT2D eigenvalue weighted by molar-refractivity contribution is 6.94. The van der Waals surface area contributed by atoms with Gasteiger partial charge in [0.05, 0.1) is 15.2 Å². The topological polar surface area (TPSA) is 9.23 Å². The van der Waals surface area contributed by atoms with Crippen LogP contribution in [0.2, 0.25) is 19.6 Å². The highest BCUT2D eigenvalue weighted by atomic mass is 28.3. The van der Waals surface area contributed by atoms with Gasteiger partial charge in [-0.2, -0.15) is 0 Å². The molecule has 0 amide bonds. The van der Waals surface area contributed by atoms with Gasteiger partial charge >= 0.3 is 0 Å². The summed E-state index contributed by atoms with van der Waals surface area (Å²) in [4.78, 5) is 0. The van der Waals surface area contributed by atoms with E-state index < -0.39 is 8.07 Å². The number of benzene rings is 2. The second-order valence-electron chi connectivity index (χ2n) is 5.95. The zero-order valence-electron chi connectivity index (χ0n) is 12.7. The Morgan fingerprint density at radius 1 is 0.900 bits per heavy atom. The largest absolute Gasteiger partial charge is 0.497 e. The molecule has 0 fully saturated rings. The van der Waals surface area contributed by atoms with Gasteiger partial charge < -0.3 is 4.74 Å². The minimum Gasteiger partial charge on any atom is -0.497 e. The fraction of sp³-hybridized carbons (Fsp3) is 0.222. The molecule has 0 saturated heterocycles. The van der Waals surface area contributed by atoms with Crippen LogP contribution in [-0.2, 0) is 0 Å². The Labute approximate surface area is 122 Å². The smallest absolute Gasteiger partial charge is 0.118 e. The summed E-state index contributed by atoms with van der Waals surface area (Å²) in [5.74, 6) is 0.899. The summed E-state index contributed by atoms with van der Waals surface area (Å²) in [6, 6.07) is 18.9. The summed E-state index contributed by atoms with van der Waals surface area (Å²) in [6.45, 7) is 7.15. The Morgan fingerprint density at radius 3 is 2.00 bits per heavy atom. The fourth-order valence-corrected chi connectivity index (χ4v) is 3.85. The third-order valence-corrected chi connectivity index (χ3v) is 5.37. The van der Waals surface area contributed by atoms with Gasteiger partial charge in [-0.25, -0.2) is 0 Å². The molecule has 0 N–H and O–H groups in total. The molecule has 0 saturated carbocycles. The van der Waals surface area contributed by atoms with Gasteiger partial charge in [-0.05, 0) is 23.3 Å². The van der Waals surface area contributed by atoms with Crippen molar-refractivity contribution in [2.75, 3.05) is 7.11 Å². The van der Waals surface area contributed by atoms with E-state index in [0.29, 0.717) is 0 Å². The van der Waals surface area contributed by atoms with E-state index >= 15 is 0 Å². The molecular formula is C18H22OSi. The van der Waals surface area contributed by atoms with Crippen molar-refractivity contribution in [3.8, 4) is 5.75 Å². The summed E-state index contributed by atoms with van der Waals surface area (Å²) >= 11 is 0. The van der Waals surface area contributed by atoms with Gasteiger partial charge in [-0.1, -0.05) is 73.4 Å². The monoisotopic (exact) mass is 282 g/mol. The minimum absolute atomic E-state index is 0.899. The lowest BCUT2D eigenvalue weighted by Crippen LogP contribution is -2.22.